The normalized spacial score (nSPS) is 17.1. The highest BCUT2D eigenvalue weighted by atomic mass is 16.2. The van der Waals surface area contributed by atoms with Gasteiger partial charge in [0.1, 0.15) is 0 Å². The summed E-state index contributed by atoms with van der Waals surface area (Å²) < 4.78 is 2.21. The van der Waals surface area contributed by atoms with Gasteiger partial charge in [0.25, 0.3) is 5.56 Å². The fraction of sp³-hybridized carbons (Fsp3) is 0.400. The van der Waals surface area contributed by atoms with Crippen molar-refractivity contribution in [1.82, 2.24) is 19.7 Å². The molecule has 7 heteroatoms. The maximum Gasteiger partial charge on any atom is 0.346 e. The fourth-order valence-electron chi connectivity index (χ4n) is 2.78. The topological polar surface area (TPSA) is 81.0 Å². The molecule has 0 fully saturated rings. The zero-order chi connectivity index (χ0) is 15.7. The number of rotatable bonds is 3. The molecule has 1 unspecified atom stereocenters. The molecule has 0 aliphatic carbocycles. The molecule has 2 N–H and O–H groups in total. The van der Waals surface area contributed by atoms with Crippen molar-refractivity contribution < 1.29 is 0 Å². The fourth-order valence-corrected chi connectivity index (χ4v) is 2.78. The van der Waals surface area contributed by atoms with E-state index in [1.807, 2.05) is 12.1 Å². The van der Waals surface area contributed by atoms with Crippen LogP contribution in [0.25, 0.3) is 0 Å². The van der Waals surface area contributed by atoms with Gasteiger partial charge in [0.15, 0.2) is 0 Å². The van der Waals surface area contributed by atoms with Gasteiger partial charge in [-0.05, 0) is 24.1 Å². The van der Waals surface area contributed by atoms with Crippen molar-refractivity contribution in [3.05, 3.63) is 56.2 Å². The van der Waals surface area contributed by atoms with E-state index in [2.05, 4.69) is 27.9 Å². The second-order valence-corrected chi connectivity index (χ2v) is 5.46. The van der Waals surface area contributed by atoms with Crippen LogP contribution in [-0.2, 0) is 20.5 Å². The molecule has 7 nitrogen and oxygen atoms in total. The number of nitrogens with zero attached hydrogens (tertiary/aromatic N) is 3. The first kappa shape index (κ1) is 14.5. The van der Waals surface area contributed by atoms with Gasteiger partial charge in [-0.15, -0.1) is 5.10 Å². The Morgan fingerprint density at radius 3 is 2.91 bits per heavy atom. The van der Waals surface area contributed by atoms with Crippen molar-refractivity contribution in [2.75, 3.05) is 18.4 Å². The first-order valence-electron chi connectivity index (χ1n) is 7.27. The highest BCUT2D eigenvalue weighted by Gasteiger charge is 2.19. The molecule has 1 atom stereocenters. The Hall–Kier alpha value is -2.41. The number of anilines is 1. The first-order valence-corrected chi connectivity index (χ1v) is 7.27. The van der Waals surface area contributed by atoms with Crippen molar-refractivity contribution in [2.45, 2.75) is 12.5 Å². The van der Waals surface area contributed by atoms with Gasteiger partial charge in [0.2, 0.25) is 5.82 Å². The molecule has 1 aromatic heterocycles. The molecule has 3 rings (SSSR count). The third kappa shape index (κ3) is 2.55. The summed E-state index contributed by atoms with van der Waals surface area (Å²) in [4.78, 5) is 23.7. The second-order valence-electron chi connectivity index (χ2n) is 5.46. The van der Waals surface area contributed by atoms with Gasteiger partial charge in [-0.2, -0.15) is 0 Å². The van der Waals surface area contributed by atoms with Crippen LogP contribution in [0.1, 0.15) is 17.2 Å². The summed E-state index contributed by atoms with van der Waals surface area (Å²) in [6.45, 7) is 1.44. The molecule has 1 aromatic carbocycles. The Morgan fingerprint density at radius 2 is 2.09 bits per heavy atom. The van der Waals surface area contributed by atoms with Gasteiger partial charge in [-0.25, -0.2) is 9.48 Å². The van der Waals surface area contributed by atoms with Crippen LogP contribution < -0.4 is 21.9 Å². The zero-order valence-corrected chi connectivity index (χ0v) is 12.7. The third-order valence-electron chi connectivity index (χ3n) is 4.01. The van der Waals surface area contributed by atoms with E-state index in [4.69, 9.17) is 0 Å². The number of benzene rings is 1. The van der Waals surface area contributed by atoms with Crippen LogP contribution in [0.15, 0.2) is 33.9 Å². The average Bonchev–Trinajstić information content (AvgIpc) is 2.55. The van der Waals surface area contributed by atoms with Gasteiger partial charge in [-0.1, -0.05) is 24.3 Å². The molecule has 0 spiro atoms. The Balaban J connectivity index is 1.83. The summed E-state index contributed by atoms with van der Waals surface area (Å²) in [5.41, 5.74) is 1.72. The van der Waals surface area contributed by atoms with E-state index in [1.165, 1.54) is 25.2 Å². The van der Waals surface area contributed by atoms with E-state index < -0.39 is 11.2 Å². The highest BCUT2D eigenvalue weighted by molar-refractivity contribution is 5.36. The molecule has 2 aromatic rings. The van der Waals surface area contributed by atoms with Gasteiger partial charge in [0.05, 0.1) is 0 Å². The summed E-state index contributed by atoms with van der Waals surface area (Å²) >= 11 is 0. The summed E-state index contributed by atoms with van der Waals surface area (Å²) in [5.74, 6) is 0.189. The van der Waals surface area contributed by atoms with E-state index in [-0.39, 0.29) is 11.9 Å². The molecule has 22 heavy (non-hydrogen) atoms. The van der Waals surface area contributed by atoms with Gasteiger partial charge < -0.3 is 10.6 Å². The lowest BCUT2D eigenvalue weighted by molar-refractivity contribution is 0.520. The standard InChI is InChI=1S/C15H19N5O2/c1-19-14(21)13(18-20(2)15(19)22)17-9-12-11-6-4-3-5-10(11)7-8-16-12/h3-6,12,16H,7-9H2,1-2H3,(H,17,18). The number of aryl methyl sites for hydroxylation is 1. The van der Waals surface area contributed by atoms with Crippen LogP contribution in [0.5, 0.6) is 0 Å². The summed E-state index contributed by atoms with van der Waals surface area (Å²) in [6.07, 6.45) is 1.01. The molecule has 0 saturated carbocycles. The second kappa shape index (κ2) is 5.76. The lowest BCUT2D eigenvalue weighted by atomic mass is 9.94. The van der Waals surface area contributed by atoms with Crippen LogP contribution in [0.4, 0.5) is 5.82 Å². The third-order valence-corrected chi connectivity index (χ3v) is 4.01. The number of fused-ring (bicyclic) bond motifs is 1. The van der Waals surface area contributed by atoms with Gasteiger partial charge in [0, 0.05) is 26.7 Å². The smallest absolute Gasteiger partial charge is 0.346 e. The maximum atomic E-state index is 12.1. The van der Waals surface area contributed by atoms with Crippen LogP contribution in [0.2, 0.25) is 0 Å². The van der Waals surface area contributed by atoms with Crippen LogP contribution in [-0.4, -0.2) is 27.4 Å². The molecule has 0 saturated heterocycles. The molecule has 2 heterocycles. The number of hydrogen-bond donors (Lipinski definition) is 2. The van der Waals surface area contributed by atoms with E-state index >= 15 is 0 Å². The van der Waals surface area contributed by atoms with Crippen molar-refractivity contribution in [3.8, 4) is 0 Å². The Labute approximate surface area is 127 Å². The van der Waals surface area contributed by atoms with Gasteiger partial charge >= 0.3 is 5.69 Å². The largest absolute Gasteiger partial charge is 0.362 e. The van der Waals surface area contributed by atoms with E-state index in [1.54, 1.807) is 0 Å². The van der Waals surface area contributed by atoms with Crippen molar-refractivity contribution in [1.29, 1.82) is 0 Å². The van der Waals surface area contributed by atoms with Crippen molar-refractivity contribution in [3.63, 3.8) is 0 Å². The molecule has 0 radical (unpaired) electrons. The summed E-state index contributed by atoms with van der Waals surface area (Å²) in [5, 5.41) is 10.5. The monoisotopic (exact) mass is 301 g/mol. The molecular formula is C15H19N5O2. The average molecular weight is 301 g/mol. The summed E-state index contributed by atoms with van der Waals surface area (Å²) in [6, 6.07) is 8.40. The maximum absolute atomic E-state index is 12.1. The van der Waals surface area contributed by atoms with Crippen molar-refractivity contribution >= 4 is 5.82 Å². The van der Waals surface area contributed by atoms with Crippen LogP contribution in [0.3, 0.4) is 0 Å². The molecule has 0 amide bonds. The molecule has 1 aliphatic heterocycles. The number of hydrogen-bond acceptors (Lipinski definition) is 5. The van der Waals surface area contributed by atoms with E-state index in [0.29, 0.717) is 6.54 Å². The molecule has 0 bridgehead atoms. The van der Waals surface area contributed by atoms with Crippen molar-refractivity contribution in [2.24, 2.45) is 14.1 Å². The van der Waals surface area contributed by atoms with Crippen LogP contribution in [0, 0.1) is 0 Å². The minimum Gasteiger partial charge on any atom is -0.362 e. The molecule has 116 valence electrons. The van der Waals surface area contributed by atoms with Gasteiger partial charge in [-0.3, -0.25) is 9.36 Å². The first-order chi connectivity index (χ1) is 10.6. The summed E-state index contributed by atoms with van der Waals surface area (Å²) in [7, 11) is 2.98. The Kier molecular flexibility index (Phi) is 3.81. The number of nitrogens with one attached hydrogen (secondary N) is 2. The zero-order valence-electron chi connectivity index (χ0n) is 12.7. The van der Waals surface area contributed by atoms with E-state index in [0.717, 1.165) is 22.2 Å². The predicted octanol–water partition coefficient (Wildman–Crippen LogP) is -0.222. The lowest BCUT2D eigenvalue weighted by Crippen LogP contribution is -2.41. The Morgan fingerprint density at radius 1 is 1.32 bits per heavy atom. The number of aromatic nitrogens is 3. The predicted molar refractivity (Wildman–Crippen MR) is 84.1 cm³/mol. The van der Waals surface area contributed by atoms with Crippen LogP contribution >= 0.6 is 0 Å². The quantitative estimate of drug-likeness (QED) is 0.819. The lowest BCUT2D eigenvalue weighted by Gasteiger charge is -2.27. The van der Waals surface area contributed by atoms with E-state index in [9.17, 15) is 9.59 Å². The highest BCUT2D eigenvalue weighted by Crippen LogP contribution is 2.22. The Bertz CT molecular complexity index is 808. The molecule has 1 aliphatic rings. The molecular weight excluding hydrogens is 282 g/mol. The SMILES string of the molecule is Cn1nc(NCC2NCCc3ccccc32)c(=O)n(C)c1=O. The minimum atomic E-state index is -0.434. The minimum absolute atomic E-state index is 0.119.